The fraction of sp³-hybridized carbons (Fsp3) is 0.706. The fourth-order valence-corrected chi connectivity index (χ4v) is 4.35. The Labute approximate surface area is 199 Å². The number of carboxylic acids is 1. The molecule has 1 saturated heterocycles. The van der Waals surface area contributed by atoms with Crippen molar-refractivity contribution < 1.29 is 39.3 Å². The molecule has 188 valence electrons. The van der Waals surface area contributed by atoms with E-state index in [0.29, 0.717) is 0 Å². The van der Waals surface area contributed by atoms with E-state index in [-0.39, 0.29) is 11.5 Å². The van der Waals surface area contributed by atoms with Gasteiger partial charge in [0.05, 0.1) is 37.2 Å². The predicted octanol–water partition coefficient (Wildman–Crippen LogP) is -4.94. The molecule has 1 heterocycles. The van der Waals surface area contributed by atoms with E-state index in [1.54, 1.807) is 0 Å². The molecule has 11 N–H and O–H groups in total. The van der Waals surface area contributed by atoms with Crippen molar-refractivity contribution in [3.63, 3.8) is 0 Å². The molecule has 0 saturated carbocycles. The van der Waals surface area contributed by atoms with Gasteiger partial charge >= 0.3 is 5.97 Å². The number of primary amides is 1. The number of carbonyl (C=O) groups excluding carboxylic acids is 4. The molecular formula is C17H30N6O8S2. The topological polar surface area (TPSA) is 246 Å². The molecule has 14 nitrogen and oxygen atoms in total. The average molecular weight is 511 g/mol. The minimum absolute atomic E-state index is 0.109. The zero-order valence-corrected chi connectivity index (χ0v) is 19.5. The van der Waals surface area contributed by atoms with Crippen molar-refractivity contribution in [2.45, 2.75) is 55.0 Å². The number of hydrogen-bond donors (Lipinski definition) is 10. The average Bonchev–Trinajstić information content (AvgIpc) is 2.74. The first kappa shape index (κ1) is 28.9. The predicted molar refractivity (Wildman–Crippen MR) is 121 cm³/mol. The van der Waals surface area contributed by atoms with Gasteiger partial charge < -0.3 is 42.7 Å². The highest BCUT2D eigenvalue weighted by molar-refractivity contribution is 8.00. The zero-order valence-electron chi connectivity index (χ0n) is 17.8. The molecule has 16 heteroatoms. The van der Waals surface area contributed by atoms with E-state index in [1.807, 2.05) is 0 Å². The molecule has 0 spiro atoms. The van der Waals surface area contributed by atoms with Crippen molar-refractivity contribution in [2.75, 3.05) is 18.1 Å². The summed E-state index contributed by atoms with van der Waals surface area (Å²) in [7, 11) is 0. The first-order chi connectivity index (χ1) is 15.4. The summed E-state index contributed by atoms with van der Waals surface area (Å²) in [5.41, 5.74) is 11.0. The van der Waals surface area contributed by atoms with Crippen LogP contribution in [-0.2, 0) is 24.0 Å². The largest absolute Gasteiger partial charge is 0.480 e. The maximum atomic E-state index is 12.8. The molecule has 1 rings (SSSR count). The van der Waals surface area contributed by atoms with E-state index in [4.69, 9.17) is 11.5 Å². The molecule has 33 heavy (non-hydrogen) atoms. The fourth-order valence-electron chi connectivity index (χ4n) is 2.80. The lowest BCUT2D eigenvalue weighted by molar-refractivity contribution is -0.137. The molecule has 1 aliphatic rings. The molecule has 0 aromatic rings. The Morgan fingerprint density at radius 2 is 1.73 bits per heavy atom. The Morgan fingerprint density at radius 1 is 1.12 bits per heavy atom. The molecule has 7 atom stereocenters. The third-order valence-electron chi connectivity index (χ3n) is 4.68. The summed E-state index contributed by atoms with van der Waals surface area (Å²) in [5.74, 6) is -4.98. The van der Waals surface area contributed by atoms with Crippen LogP contribution in [-0.4, -0.2) is 105 Å². The first-order valence-electron chi connectivity index (χ1n) is 9.86. The van der Waals surface area contributed by atoms with E-state index < -0.39 is 84.3 Å². The Morgan fingerprint density at radius 3 is 2.24 bits per heavy atom. The van der Waals surface area contributed by atoms with E-state index >= 15 is 0 Å². The maximum absolute atomic E-state index is 12.8. The summed E-state index contributed by atoms with van der Waals surface area (Å²) < 4.78 is 0. The summed E-state index contributed by atoms with van der Waals surface area (Å²) in [4.78, 5) is 60.7. The van der Waals surface area contributed by atoms with Crippen LogP contribution < -0.4 is 32.7 Å². The molecule has 1 fully saturated rings. The van der Waals surface area contributed by atoms with Crippen LogP contribution in [0.4, 0.5) is 0 Å². The summed E-state index contributed by atoms with van der Waals surface area (Å²) in [5, 5.41) is 37.7. The smallest absolute Gasteiger partial charge is 0.318 e. The molecular weight excluding hydrogens is 480 g/mol. The highest BCUT2D eigenvalue weighted by atomic mass is 32.2. The second kappa shape index (κ2) is 13.6. The second-order valence-corrected chi connectivity index (χ2v) is 8.91. The van der Waals surface area contributed by atoms with Gasteiger partial charge in [-0.05, 0) is 6.92 Å². The minimum atomic E-state index is -1.56. The van der Waals surface area contributed by atoms with Gasteiger partial charge in [-0.15, -0.1) is 11.8 Å². The van der Waals surface area contributed by atoms with Crippen LogP contribution in [0.5, 0.6) is 0 Å². The number of hydrogen-bond acceptors (Lipinski definition) is 11. The molecule has 0 bridgehead atoms. The quantitative estimate of drug-likeness (QED) is 0.157. The SMILES string of the molecule is C[C@@H]1NC(=O)C(CO)NC(=O)C(N)CSC(C(=O)O)C(CS)NC(=O)[C@H](CC(N)=O)NC1O. The number of carbonyl (C=O) groups is 5. The molecule has 1 aliphatic heterocycles. The Balaban J connectivity index is 3.29. The van der Waals surface area contributed by atoms with Gasteiger partial charge in [0.15, 0.2) is 0 Å². The number of thioether (sulfide) groups is 1. The number of carboxylic acid groups (broad SMARTS) is 1. The van der Waals surface area contributed by atoms with Gasteiger partial charge in [-0.1, -0.05) is 0 Å². The van der Waals surface area contributed by atoms with E-state index in [1.165, 1.54) is 6.92 Å². The van der Waals surface area contributed by atoms with Gasteiger partial charge in [-0.3, -0.25) is 29.3 Å². The number of aliphatic carboxylic acids is 1. The number of rotatable bonds is 5. The summed E-state index contributed by atoms with van der Waals surface area (Å²) in [6.07, 6.45) is -2.10. The van der Waals surface area contributed by atoms with Gasteiger partial charge in [0.2, 0.25) is 23.6 Å². The third-order valence-corrected chi connectivity index (χ3v) is 6.51. The van der Waals surface area contributed by atoms with Gasteiger partial charge in [0.1, 0.15) is 17.5 Å². The molecule has 0 radical (unpaired) electrons. The van der Waals surface area contributed by atoms with Crippen molar-refractivity contribution in [1.29, 1.82) is 0 Å². The number of nitrogens with two attached hydrogens (primary N) is 2. The lowest BCUT2D eigenvalue weighted by Gasteiger charge is -2.30. The lowest BCUT2D eigenvalue weighted by atomic mass is 10.1. The number of aliphatic hydroxyl groups is 2. The van der Waals surface area contributed by atoms with Crippen LogP contribution in [0.25, 0.3) is 0 Å². The molecule has 4 amide bonds. The highest BCUT2D eigenvalue weighted by Gasteiger charge is 2.35. The van der Waals surface area contributed by atoms with Crippen molar-refractivity contribution in [2.24, 2.45) is 11.5 Å². The van der Waals surface area contributed by atoms with Gasteiger partial charge in [0, 0.05) is 11.5 Å². The number of nitrogens with one attached hydrogen (secondary N) is 4. The van der Waals surface area contributed by atoms with Crippen LogP contribution in [0.2, 0.25) is 0 Å². The Bertz CT molecular complexity index is 744. The van der Waals surface area contributed by atoms with Crippen molar-refractivity contribution in [3.05, 3.63) is 0 Å². The number of aliphatic hydroxyl groups excluding tert-OH is 2. The van der Waals surface area contributed by atoms with E-state index in [0.717, 1.165) is 11.8 Å². The zero-order chi connectivity index (χ0) is 25.3. The molecule has 0 aromatic carbocycles. The second-order valence-electron chi connectivity index (χ2n) is 7.37. The van der Waals surface area contributed by atoms with Crippen molar-refractivity contribution in [3.8, 4) is 0 Å². The van der Waals surface area contributed by atoms with Gasteiger partial charge in [0.25, 0.3) is 0 Å². The molecule has 5 unspecified atom stereocenters. The number of thiol groups is 1. The molecule has 0 aliphatic carbocycles. The standard InChI is InChI=1S/C17H30N6O8S2/c1-6-13(26)21-8(2-11(19)25)15(28)23-10(4-32)12(17(30)31)33-5-7(18)14(27)22-9(3-24)16(29)20-6/h6-10,12-13,21,24,26,32H,2-5,18H2,1H3,(H2,19,25)(H,20,29)(H,22,27)(H,23,28)(H,30,31)/t6-,7?,8-,9?,10?,12?,13?/m0/s1. The van der Waals surface area contributed by atoms with Crippen molar-refractivity contribution in [1.82, 2.24) is 21.3 Å². The maximum Gasteiger partial charge on any atom is 0.318 e. The first-order valence-corrected chi connectivity index (χ1v) is 11.5. The third kappa shape index (κ3) is 8.98. The van der Waals surface area contributed by atoms with Gasteiger partial charge in [-0.25, -0.2) is 0 Å². The molecule has 0 aromatic heterocycles. The van der Waals surface area contributed by atoms with Crippen LogP contribution in [0.1, 0.15) is 13.3 Å². The lowest BCUT2D eigenvalue weighted by Crippen LogP contribution is -2.61. The van der Waals surface area contributed by atoms with E-state index in [2.05, 4.69) is 33.9 Å². The van der Waals surface area contributed by atoms with Crippen molar-refractivity contribution >= 4 is 54.0 Å². The van der Waals surface area contributed by atoms with Gasteiger partial charge in [-0.2, -0.15) is 12.6 Å². The minimum Gasteiger partial charge on any atom is -0.480 e. The van der Waals surface area contributed by atoms with Crippen LogP contribution >= 0.6 is 24.4 Å². The summed E-state index contributed by atoms with van der Waals surface area (Å²) in [6.45, 7) is 0.591. The van der Waals surface area contributed by atoms with Crippen LogP contribution in [0.15, 0.2) is 0 Å². The monoisotopic (exact) mass is 510 g/mol. The van der Waals surface area contributed by atoms with Crippen LogP contribution in [0.3, 0.4) is 0 Å². The Kier molecular flexibility index (Phi) is 11.9. The summed E-state index contributed by atoms with van der Waals surface area (Å²) in [6, 6.07) is -6.09. The highest BCUT2D eigenvalue weighted by Crippen LogP contribution is 2.18. The summed E-state index contributed by atoms with van der Waals surface area (Å²) >= 11 is 4.85. The Hall–Kier alpha value is -2.11. The normalized spacial score (nSPS) is 32.9. The number of amides is 4. The van der Waals surface area contributed by atoms with Crippen LogP contribution in [0, 0.1) is 0 Å². The van der Waals surface area contributed by atoms with E-state index in [9.17, 15) is 39.3 Å².